The van der Waals surface area contributed by atoms with Crippen LogP contribution in [0, 0.1) is 5.92 Å². The Morgan fingerprint density at radius 3 is 2.76 bits per heavy atom. The molecule has 1 N–H and O–H groups in total. The van der Waals surface area contributed by atoms with Gasteiger partial charge in [-0.15, -0.1) is 0 Å². The fourth-order valence-corrected chi connectivity index (χ4v) is 4.94. The second-order valence-electron chi connectivity index (χ2n) is 6.09. The summed E-state index contributed by atoms with van der Waals surface area (Å²) in [6, 6.07) is 8.93. The van der Waals surface area contributed by atoms with Crippen LogP contribution in [0.3, 0.4) is 0 Å². The Kier molecular flexibility index (Phi) is 7.42. The topological polar surface area (TPSA) is 12.0 Å². The van der Waals surface area contributed by atoms with E-state index in [1.165, 1.54) is 37.7 Å². The highest BCUT2D eigenvalue weighted by Crippen LogP contribution is 2.36. The van der Waals surface area contributed by atoms with Gasteiger partial charge in [0.2, 0.25) is 0 Å². The van der Waals surface area contributed by atoms with Gasteiger partial charge in [0.1, 0.15) is 0 Å². The molecule has 1 saturated carbocycles. The largest absolute Gasteiger partial charge is 0.313 e. The average Bonchev–Trinajstić information content (AvgIpc) is 2.52. The summed E-state index contributed by atoms with van der Waals surface area (Å²) in [6.45, 7) is 5.72. The summed E-state index contributed by atoms with van der Waals surface area (Å²) < 4.78 is 0. The van der Waals surface area contributed by atoms with Crippen LogP contribution in [-0.4, -0.2) is 17.8 Å². The van der Waals surface area contributed by atoms with Crippen molar-refractivity contribution < 1.29 is 0 Å². The molecule has 21 heavy (non-hydrogen) atoms. The van der Waals surface area contributed by atoms with E-state index in [-0.39, 0.29) is 0 Å². The van der Waals surface area contributed by atoms with E-state index in [4.69, 9.17) is 11.6 Å². The van der Waals surface area contributed by atoms with Gasteiger partial charge in [-0.2, -0.15) is 11.8 Å². The first-order chi connectivity index (χ1) is 10.2. The Labute approximate surface area is 139 Å². The lowest BCUT2D eigenvalue weighted by Crippen LogP contribution is -2.43. The first kappa shape index (κ1) is 17.2. The van der Waals surface area contributed by atoms with Gasteiger partial charge in [0, 0.05) is 22.1 Å². The lowest BCUT2D eigenvalue weighted by atomic mass is 9.84. The number of hydrogen-bond acceptors (Lipinski definition) is 2. The Morgan fingerprint density at radius 1 is 1.24 bits per heavy atom. The zero-order chi connectivity index (χ0) is 15.1. The van der Waals surface area contributed by atoms with Crippen LogP contribution >= 0.6 is 23.4 Å². The van der Waals surface area contributed by atoms with Gasteiger partial charge in [-0.3, -0.25) is 0 Å². The minimum Gasteiger partial charge on any atom is -0.313 e. The summed E-state index contributed by atoms with van der Waals surface area (Å²) >= 11 is 8.38. The molecule has 0 amide bonds. The van der Waals surface area contributed by atoms with E-state index < -0.39 is 0 Å². The molecule has 1 aliphatic rings. The Bertz CT molecular complexity index is 423. The van der Waals surface area contributed by atoms with Crippen molar-refractivity contribution in [1.82, 2.24) is 5.32 Å². The first-order valence-corrected chi connectivity index (χ1v) is 9.75. The minimum atomic E-state index is 0.681. The lowest BCUT2D eigenvalue weighted by Gasteiger charge is -2.36. The second-order valence-corrected chi connectivity index (χ2v) is 7.72. The quantitative estimate of drug-likeness (QED) is 0.708. The van der Waals surface area contributed by atoms with Crippen molar-refractivity contribution in [3.8, 4) is 0 Å². The molecule has 0 spiro atoms. The van der Waals surface area contributed by atoms with Gasteiger partial charge in [0.15, 0.2) is 0 Å². The van der Waals surface area contributed by atoms with Crippen LogP contribution in [0.1, 0.15) is 51.5 Å². The van der Waals surface area contributed by atoms with Crippen LogP contribution in [0.2, 0.25) is 5.02 Å². The molecule has 2 rings (SSSR count). The van der Waals surface area contributed by atoms with Crippen molar-refractivity contribution >= 4 is 23.4 Å². The van der Waals surface area contributed by atoms with Crippen LogP contribution in [0.5, 0.6) is 0 Å². The summed E-state index contributed by atoms with van der Waals surface area (Å²) in [5, 5.41) is 5.40. The van der Waals surface area contributed by atoms with Crippen LogP contribution in [-0.2, 0) is 5.75 Å². The Hall–Kier alpha value is -0.180. The number of halogens is 1. The molecule has 3 atom stereocenters. The van der Waals surface area contributed by atoms with Crippen molar-refractivity contribution in [3.05, 3.63) is 34.9 Å². The molecule has 0 bridgehead atoms. The van der Waals surface area contributed by atoms with Gasteiger partial charge in [-0.1, -0.05) is 50.1 Å². The van der Waals surface area contributed by atoms with Crippen molar-refractivity contribution in [2.45, 2.75) is 63.0 Å². The highest BCUT2D eigenvalue weighted by molar-refractivity contribution is 7.99. The average molecular weight is 326 g/mol. The molecule has 1 fully saturated rings. The molecule has 0 heterocycles. The maximum atomic E-state index is 6.29. The van der Waals surface area contributed by atoms with Crippen LogP contribution in [0.15, 0.2) is 24.3 Å². The molecule has 0 radical (unpaired) electrons. The lowest BCUT2D eigenvalue weighted by molar-refractivity contribution is 0.295. The van der Waals surface area contributed by atoms with Crippen molar-refractivity contribution in [1.29, 1.82) is 0 Å². The SMILES string of the molecule is CCCNC1CCC(CC)CC1SCc1ccccc1Cl. The van der Waals surface area contributed by atoms with E-state index in [2.05, 4.69) is 43.1 Å². The molecule has 0 aromatic heterocycles. The third-order valence-electron chi connectivity index (χ3n) is 4.54. The van der Waals surface area contributed by atoms with Gasteiger partial charge in [0.25, 0.3) is 0 Å². The van der Waals surface area contributed by atoms with Gasteiger partial charge < -0.3 is 5.32 Å². The molecule has 1 aliphatic carbocycles. The predicted octanol–water partition coefficient (Wildman–Crippen LogP) is 5.52. The molecule has 0 aliphatic heterocycles. The molecule has 3 unspecified atom stereocenters. The van der Waals surface area contributed by atoms with Gasteiger partial charge >= 0.3 is 0 Å². The van der Waals surface area contributed by atoms with Crippen LogP contribution in [0.4, 0.5) is 0 Å². The number of thioether (sulfide) groups is 1. The normalized spacial score (nSPS) is 26.0. The summed E-state index contributed by atoms with van der Waals surface area (Å²) in [5.41, 5.74) is 1.28. The second kappa shape index (κ2) is 9.07. The van der Waals surface area contributed by atoms with E-state index in [0.717, 1.165) is 28.5 Å². The first-order valence-electron chi connectivity index (χ1n) is 8.33. The predicted molar refractivity (Wildman–Crippen MR) is 96.2 cm³/mol. The summed E-state index contributed by atoms with van der Waals surface area (Å²) in [4.78, 5) is 0. The third kappa shape index (κ3) is 5.19. The maximum absolute atomic E-state index is 6.29. The number of hydrogen-bond donors (Lipinski definition) is 1. The highest BCUT2D eigenvalue weighted by atomic mass is 35.5. The van der Waals surface area contributed by atoms with Gasteiger partial charge in [-0.25, -0.2) is 0 Å². The van der Waals surface area contributed by atoms with Crippen molar-refractivity contribution in [2.75, 3.05) is 6.54 Å². The molecule has 1 aromatic rings. The van der Waals surface area contributed by atoms with Gasteiger partial charge in [-0.05, 0) is 49.8 Å². The molecule has 0 saturated heterocycles. The third-order valence-corrected chi connectivity index (χ3v) is 6.34. The smallest absolute Gasteiger partial charge is 0.0446 e. The zero-order valence-corrected chi connectivity index (χ0v) is 14.8. The fraction of sp³-hybridized carbons (Fsp3) is 0.667. The zero-order valence-electron chi connectivity index (χ0n) is 13.3. The molecular formula is C18H28ClNS. The van der Waals surface area contributed by atoms with Crippen molar-refractivity contribution in [3.63, 3.8) is 0 Å². The summed E-state index contributed by atoms with van der Waals surface area (Å²) in [5.74, 6) is 1.94. The van der Waals surface area contributed by atoms with Gasteiger partial charge in [0.05, 0.1) is 0 Å². The van der Waals surface area contributed by atoms with Crippen LogP contribution < -0.4 is 5.32 Å². The molecule has 3 heteroatoms. The minimum absolute atomic E-state index is 0.681. The molecular weight excluding hydrogens is 298 g/mol. The Balaban J connectivity index is 1.93. The Morgan fingerprint density at radius 2 is 2.05 bits per heavy atom. The van der Waals surface area contributed by atoms with E-state index in [1.807, 2.05) is 12.1 Å². The number of nitrogens with one attached hydrogen (secondary N) is 1. The number of benzene rings is 1. The molecule has 118 valence electrons. The summed E-state index contributed by atoms with van der Waals surface area (Å²) in [7, 11) is 0. The maximum Gasteiger partial charge on any atom is 0.0446 e. The number of rotatable bonds is 7. The fourth-order valence-electron chi connectivity index (χ4n) is 3.14. The van der Waals surface area contributed by atoms with Crippen molar-refractivity contribution in [2.24, 2.45) is 5.92 Å². The van der Waals surface area contributed by atoms with Crippen LogP contribution in [0.25, 0.3) is 0 Å². The molecule has 1 aromatic carbocycles. The van der Waals surface area contributed by atoms with E-state index >= 15 is 0 Å². The van der Waals surface area contributed by atoms with E-state index in [0.29, 0.717) is 6.04 Å². The highest BCUT2D eigenvalue weighted by Gasteiger charge is 2.29. The standard InChI is InChI=1S/C18H28ClNS/c1-3-11-20-17-10-9-14(4-2)12-18(17)21-13-15-7-5-6-8-16(15)19/h5-8,14,17-18,20H,3-4,9-13H2,1-2H3. The summed E-state index contributed by atoms with van der Waals surface area (Å²) in [6.07, 6.45) is 6.62. The van der Waals surface area contributed by atoms with E-state index in [1.54, 1.807) is 0 Å². The van der Waals surface area contributed by atoms with E-state index in [9.17, 15) is 0 Å². The monoisotopic (exact) mass is 325 g/mol. The molecule has 1 nitrogen and oxygen atoms in total.